The molecule has 6 rings (SSSR count). The lowest BCUT2D eigenvalue weighted by Gasteiger charge is -2.35. The van der Waals surface area contributed by atoms with Gasteiger partial charge >= 0.3 is 6.09 Å². The monoisotopic (exact) mass is 666 g/mol. The first kappa shape index (κ1) is 32.1. The molecule has 0 spiro atoms. The first-order valence-electron chi connectivity index (χ1n) is 15.0. The van der Waals surface area contributed by atoms with Crippen LogP contribution in [0.4, 0.5) is 19.4 Å². The van der Waals surface area contributed by atoms with Gasteiger partial charge in [-0.2, -0.15) is 9.49 Å². The fraction of sp³-hybridized carbons (Fsp3) is 0.375. The van der Waals surface area contributed by atoms with Crippen LogP contribution in [0, 0.1) is 11.6 Å². The zero-order valence-corrected chi connectivity index (χ0v) is 27.2. The van der Waals surface area contributed by atoms with Gasteiger partial charge < -0.3 is 20.1 Å². The molecule has 0 bridgehead atoms. The van der Waals surface area contributed by atoms with Crippen LogP contribution < -0.4 is 16.0 Å². The summed E-state index contributed by atoms with van der Waals surface area (Å²) in [6.45, 7) is 7.88. The molecule has 1 aliphatic heterocycles. The van der Waals surface area contributed by atoms with E-state index in [9.17, 15) is 14.0 Å². The number of hydrogen-bond donors (Lipinski definition) is 1. The predicted octanol–water partition coefficient (Wildman–Crippen LogP) is 5.91. The third-order valence-corrected chi connectivity index (χ3v) is 8.48. The van der Waals surface area contributed by atoms with Crippen LogP contribution in [-0.4, -0.2) is 66.1 Å². The number of fused-ring (bicyclic) bond motifs is 2. The molecule has 15 heteroatoms. The molecule has 2 aromatic carbocycles. The number of nitrogen functional groups attached to an aromatic ring is 1. The Labute approximate surface area is 273 Å². The van der Waals surface area contributed by atoms with Gasteiger partial charge in [-0.25, -0.2) is 28.8 Å². The van der Waals surface area contributed by atoms with Crippen molar-refractivity contribution in [3.63, 3.8) is 0 Å². The summed E-state index contributed by atoms with van der Waals surface area (Å²) in [6, 6.07) is 6.51. The molecule has 0 radical (unpaired) electrons. The van der Waals surface area contributed by atoms with Gasteiger partial charge in [-0.15, -0.1) is 0 Å². The molecule has 3 aromatic heterocycles. The van der Waals surface area contributed by atoms with Gasteiger partial charge in [0.15, 0.2) is 17.2 Å². The Morgan fingerprint density at radius 1 is 1.09 bits per heavy atom. The Kier molecular flexibility index (Phi) is 8.24. The molecule has 2 N–H and O–H groups in total. The summed E-state index contributed by atoms with van der Waals surface area (Å²) >= 11 is 6.52. The van der Waals surface area contributed by atoms with Gasteiger partial charge in [0, 0.05) is 24.7 Å². The van der Waals surface area contributed by atoms with Crippen molar-refractivity contribution in [1.29, 1.82) is 0 Å². The summed E-state index contributed by atoms with van der Waals surface area (Å²) < 4.78 is 43.8. The second-order valence-corrected chi connectivity index (χ2v) is 12.8. The summed E-state index contributed by atoms with van der Waals surface area (Å²) in [7, 11) is 1.24. The minimum atomic E-state index is -1.18. The largest absolute Gasteiger partial charge is 0.494 e. The number of methoxy groups -OCH3 is 1. The molecule has 12 nitrogen and oxygen atoms in total. The maximum absolute atomic E-state index is 15.4. The number of benzene rings is 2. The minimum Gasteiger partial charge on any atom is -0.494 e. The van der Waals surface area contributed by atoms with Crippen LogP contribution in [0.3, 0.4) is 0 Å². The normalized spacial score (nSPS) is 14.9. The van der Waals surface area contributed by atoms with Crippen LogP contribution in [0.25, 0.3) is 33.2 Å². The quantitative estimate of drug-likeness (QED) is 0.242. The van der Waals surface area contributed by atoms with Crippen molar-refractivity contribution in [3.05, 3.63) is 69.5 Å². The molecule has 1 fully saturated rings. The zero-order valence-electron chi connectivity index (χ0n) is 26.4. The van der Waals surface area contributed by atoms with Crippen LogP contribution in [0.5, 0.6) is 5.75 Å². The molecule has 0 aliphatic carbocycles. The third-order valence-electron chi connectivity index (χ3n) is 8.17. The zero-order chi connectivity index (χ0) is 33.8. The average molecular weight is 667 g/mol. The number of carbonyl (C=O) groups is 1. The van der Waals surface area contributed by atoms with Crippen molar-refractivity contribution >= 4 is 45.4 Å². The second kappa shape index (κ2) is 12.1. The Morgan fingerprint density at radius 3 is 2.49 bits per heavy atom. The maximum Gasteiger partial charge on any atom is 0.410 e. The van der Waals surface area contributed by atoms with Crippen LogP contribution in [0.15, 0.2) is 41.5 Å². The lowest BCUT2D eigenvalue weighted by molar-refractivity contribution is 0.0186. The number of halogens is 3. The molecule has 1 atom stereocenters. The van der Waals surface area contributed by atoms with Gasteiger partial charge in [0.1, 0.15) is 35.3 Å². The van der Waals surface area contributed by atoms with Crippen molar-refractivity contribution in [2.75, 3.05) is 25.9 Å². The van der Waals surface area contributed by atoms with Gasteiger partial charge in [-0.05, 0) is 64.8 Å². The Morgan fingerprint density at radius 2 is 1.81 bits per heavy atom. The molecule has 0 saturated carbocycles. The van der Waals surface area contributed by atoms with E-state index in [1.807, 2.05) is 0 Å². The van der Waals surface area contributed by atoms with Crippen molar-refractivity contribution in [1.82, 2.24) is 34.2 Å². The standard InChI is InChI=1S/C32H33ClF2N8O4/c1-16(43-29-23(27(36)37-15-38-29)26(40-43)18-9-10-21(46-5)25(35)24(18)34)28-39-20-8-6-7-19(33)22(20)30(44)42(28)17-11-13-41(14-12-17)31(45)47-32(2,3)4/h6-10,15-17H,11-14H2,1-5H3,(H2,36,37,38). The van der Waals surface area contributed by atoms with E-state index >= 15 is 4.39 Å². The molecular weight excluding hydrogens is 634 g/mol. The van der Waals surface area contributed by atoms with Crippen molar-refractivity contribution < 1.29 is 23.0 Å². The van der Waals surface area contributed by atoms with Gasteiger partial charge in [-0.3, -0.25) is 9.36 Å². The number of ether oxygens (including phenoxy) is 2. The number of hydrogen-bond acceptors (Lipinski definition) is 9. The molecule has 47 heavy (non-hydrogen) atoms. The number of anilines is 1. The number of piperidine rings is 1. The predicted molar refractivity (Wildman–Crippen MR) is 173 cm³/mol. The number of likely N-dealkylation sites (tertiary alicyclic amines) is 1. The number of nitrogens with two attached hydrogens (primary N) is 1. The second-order valence-electron chi connectivity index (χ2n) is 12.3. The first-order valence-corrected chi connectivity index (χ1v) is 15.4. The topological polar surface area (TPSA) is 143 Å². The van der Waals surface area contributed by atoms with Gasteiger partial charge in [0.05, 0.1) is 28.4 Å². The highest BCUT2D eigenvalue weighted by Crippen LogP contribution is 2.37. The van der Waals surface area contributed by atoms with E-state index in [1.165, 1.54) is 30.3 Å². The molecule has 1 amide bonds. The van der Waals surface area contributed by atoms with Gasteiger partial charge in [0.25, 0.3) is 5.56 Å². The van der Waals surface area contributed by atoms with Crippen LogP contribution in [-0.2, 0) is 4.74 Å². The highest BCUT2D eigenvalue weighted by atomic mass is 35.5. The highest BCUT2D eigenvalue weighted by Gasteiger charge is 2.33. The fourth-order valence-corrected chi connectivity index (χ4v) is 6.19. The summed E-state index contributed by atoms with van der Waals surface area (Å²) in [6.07, 6.45) is 1.69. The van der Waals surface area contributed by atoms with Crippen LogP contribution in [0.1, 0.15) is 58.4 Å². The first-order chi connectivity index (χ1) is 22.3. The lowest BCUT2D eigenvalue weighted by atomic mass is 10.0. The Bertz CT molecular complexity index is 2090. The molecule has 1 aliphatic rings. The molecule has 1 saturated heterocycles. The maximum atomic E-state index is 15.4. The summed E-state index contributed by atoms with van der Waals surface area (Å²) in [5, 5.41) is 5.38. The lowest BCUT2D eigenvalue weighted by Crippen LogP contribution is -2.44. The number of rotatable bonds is 5. The molecular formula is C32H33ClF2N8O4. The average Bonchev–Trinajstić information content (AvgIpc) is 3.42. The van der Waals surface area contributed by atoms with E-state index in [-0.39, 0.29) is 55.9 Å². The van der Waals surface area contributed by atoms with Crippen LogP contribution in [0.2, 0.25) is 5.02 Å². The number of aromatic nitrogens is 6. The molecule has 246 valence electrons. The van der Waals surface area contributed by atoms with E-state index in [1.54, 1.807) is 55.4 Å². The van der Waals surface area contributed by atoms with Crippen molar-refractivity contribution in [3.8, 4) is 17.0 Å². The van der Waals surface area contributed by atoms with E-state index < -0.39 is 29.4 Å². The summed E-state index contributed by atoms with van der Waals surface area (Å²) in [5.41, 5.74) is 5.69. The third kappa shape index (κ3) is 5.70. The van der Waals surface area contributed by atoms with E-state index in [0.29, 0.717) is 37.3 Å². The summed E-state index contributed by atoms with van der Waals surface area (Å²) in [4.78, 5) is 42.0. The minimum absolute atomic E-state index is 0.00392. The molecule has 1 unspecified atom stereocenters. The van der Waals surface area contributed by atoms with Gasteiger partial charge in [0.2, 0.25) is 5.82 Å². The van der Waals surface area contributed by atoms with E-state index in [4.69, 9.17) is 31.8 Å². The van der Waals surface area contributed by atoms with Gasteiger partial charge in [-0.1, -0.05) is 17.7 Å². The molecule has 4 heterocycles. The Hall–Kier alpha value is -4.85. The highest BCUT2D eigenvalue weighted by molar-refractivity contribution is 6.35. The number of carbonyl (C=O) groups excluding carboxylic acids is 1. The van der Waals surface area contributed by atoms with E-state index in [0.717, 1.165) is 0 Å². The number of amides is 1. The van der Waals surface area contributed by atoms with Crippen molar-refractivity contribution in [2.45, 2.75) is 58.2 Å². The van der Waals surface area contributed by atoms with E-state index in [2.05, 4.69) is 15.1 Å². The molecule has 5 aromatic rings. The Balaban J connectivity index is 1.49. The van der Waals surface area contributed by atoms with Crippen LogP contribution >= 0.6 is 11.6 Å². The smallest absolute Gasteiger partial charge is 0.410 e. The summed E-state index contributed by atoms with van der Waals surface area (Å²) in [5.74, 6) is -2.30. The number of nitrogens with zero attached hydrogens (tertiary/aromatic N) is 7. The SMILES string of the molecule is COc1ccc(-c2nn(C(C)c3nc4cccc(Cl)c4c(=O)n3C3CCN(C(=O)OC(C)(C)C)CC3)c3ncnc(N)c23)c(F)c1F. The van der Waals surface area contributed by atoms with Crippen molar-refractivity contribution in [2.24, 2.45) is 0 Å². The fourth-order valence-electron chi connectivity index (χ4n) is 5.94.